The van der Waals surface area contributed by atoms with Crippen molar-refractivity contribution in [2.45, 2.75) is 13.8 Å². The Balaban J connectivity index is 1.92. The van der Waals surface area contributed by atoms with Crippen molar-refractivity contribution in [3.05, 3.63) is 12.1 Å². The molecule has 1 fully saturated rings. The van der Waals surface area contributed by atoms with E-state index in [1.807, 2.05) is 6.07 Å². The highest BCUT2D eigenvalue weighted by Crippen LogP contribution is 2.28. The van der Waals surface area contributed by atoms with E-state index in [4.69, 9.17) is 9.37 Å². The van der Waals surface area contributed by atoms with Gasteiger partial charge in [-0.15, -0.1) is 0 Å². The molecule has 1 aromatic carbocycles. The van der Waals surface area contributed by atoms with E-state index < -0.39 is 0 Å². The normalized spacial score (nSPS) is 16.1. The van der Waals surface area contributed by atoms with Crippen molar-refractivity contribution in [1.82, 2.24) is 10.3 Å². The Hall–Kier alpha value is -1.82. The van der Waals surface area contributed by atoms with Crippen LogP contribution in [-0.2, 0) is 4.74 Å². The lowest BCUT2D eigenvalue weighted by Gasteiger charge is -2.29. The molecule has 1 aliphatic heterocycles. The molecule has 0 unspecified atom stereocenters. The molecule has 0 saturated carbocycles. The van der Waals surface area contributed by atoms with E-state index in [2.05, 4.69) is 40.4 Å². The predicted octanol–water partition coefficient (Wildman–Crippen LogP) is 2.13. The van der Waals surface area contributed by atoms with Crippen LogP contribution in [0.4, 0.5) is 11.4 Å². The van der Waals surface area contributed by atoms with Gasteiger partial charge in [0.2, 0.25) is 0 Å². The first-order valence-corrected chi connectivity index (χ1v) is 7.07. The zero-order valence-corrected chi connectivity index (χ0v) is 11.9. The van der Waals surface area contributed by atoms with Gasteiger partial charge in [0.15, 0.2) is 5.52 Å². The highest BCUT2D eigenvalue weighted by atomic mass is 16.6. The van der Waals surface area contributed by atoms with Gasteiger partial charge in [0.05, 0.1) is 18.9 Å². The number of morpholine rings is 1. The minimum absolute atomic E-state index is 0.567. The summed E-state index contributed by atoms with van der Waals surface area (Å²) in [6.45, 7) is 8.59. The number of nitrogens with zero attached hydrogens (tertiary/aromatic N) is 3. The van der Waals surface area contributed by atoms with Gasteiger partial charge in [-0.3, -0.25) is 0 Å². The monoisotopic (exact) mass is 276 g/mol. The largest absolute Gasteiger partial charge is 0.383 e. The maximum absolute atomic E-state index is 5.40. The highest BCUT2D eigenvalue weighted by molar-refractivity contribution is 5.91. The maximum Gasteiger partial charge on any atom is 0.158 e. The van der Waals surface area contributed by atoms with Crippen molar-refractivity contribution in [1.29, 1.82) is 0 Å². The summed E-state index contributed by atoms with van der Waals surface area (Å²) in [5, 5.41) is 11.4. The third-order valence-electron chi connectivity index (χ3n) is 3.42. The lowest BCUT2D eigenvalue weighted by atomic mass is 10.2. The number of fused-ring (bicyclic) bond motifs is 1. The Labute approximate surface area is 118 Å². The van der Waals surface area contributed by atoms with Gasteiger partial charge in [-0.05, 0) is 28.4 Å². The minimum atomic E-state index is 0.567. The van der Waals surface area contributed by atoms with Crippen LogP contribution < -0.4 is 10.2 Å². The van der Waals surface area contributed by atoms with Crippen molar-refractivity contribution in [2.24, 2.45) is 5.92 Å². The van der Waals surface area contributed by atoms with E-state index >= 15 is 0 Å². The second kappa shape index (κ2) is 5.66. The van der Waals surface area contributed by atoms with Crippen molar-refractivity contribution in [3.63, 3.8) is 0 Å². The first kappa shape index (κ1) is 13.2. The summed E-state index contributed by atoms with van der Waals surface area (Å²) in [6.07, 6.45) is 0. The van der Waals surface area contributed by atoms with Crippen molar-refractivity contribution in [2.75, 3.05) is 43.1 Å². The number of hydrogen-bond acceptors (Lipinski definition) is 6. The lowest BCUT2D eigenvalue weighted by molar-refractivity contribution is 0.122. The standard InChI is InChI=1S/C14H20N4O2/c1-10(2)9-15-12-7-11(18-3-5-19-6-4-18)8-13-14(12)17-20-16-13/h7-8,10,15H,3-6,9H2,1-2H3. The molecule has 108 valence electrons. The summed E-state index contributed by atoms with van der Waals surface area (Å²) >= 11 is 0. The number of hydrogen-bond donors (Lipinski definition) is 1. The first-order valence-electron chi connectivity index (χ1n) is 7.07. The van der Waals surface area contributed by atoms with Crippen molar-refractivity contribution in [3.8, 4) is 0 Å². The molecular formula is C14H20N4O2. The Bertz CT molecular complexity index is 576. The average molecular weight is 276 g/mol. The van der Waals surface area contributed by atoms with Crippen LogP contribution in [0.5, 0.6) is 0 Å². The van der Waals surface area contributed by atoms with Crippen molar-refractivity contribution >= 4 is 22.4 Å². The third kappa shape index (κ3) is 2.70. The fourth-order valence-corrected chi connectivity index (χ4v) is 2.33. The zero-order chi connectivity index (χ0) is 13.9. The summed E-state index contributed by atoms with van der Waals surface area (Å²) in [6, 6.07) is 4.15. The van der Waals surface area contributed by atoms with Crippen LogP contribution in [0.25, 0.3) is 11.0 Å². The van der Waals surface area contributed by atoms with E-state index in [1.165, 1.54) is 0 Å². The Kier molecular flexibility index (Phi) is 3.73. The molecule has 1 aromatic heterocycles. The molecule has 0 spiro atoms. The van der Waals surface area contributed by atoms with Crippen LogP contribution >= 0.6 is 0 Å². The van der Waals surface area contributed by atoms with Crippen LogP contribution in [0.1, 0.15) is 13.8 Å². The summed E-state index contributed by atoms with van der Waals surface area (Å²) in [4.78, 5) is 2.30. The van der Waals surface area contributed by atoms with Gasteiger partial charge in [0.1, 0.15) is 5.52 Å². The number of nitrogens with one attached hydrogen (secondary N) is 1. The zero-order valence-electron chi connectivity index (χ0n) is 11.9. The van der Waals surface area contributed by atoms with Crippen LogP contribution in [0.15, 0.2) is 16.8 Å². The minimum Gasteiger partial charge on any atom is -0.383 e. The summed E-state index contributed by atoms with van der Waals surface area (Å²) < 4.78 is 10.3. The molecule has 1 N–H and O–H groups in total. The molecule has 20 heavy (non-hydrogen) atoms. The molecular weight excluding hydrogens is 256 g/mol. The Morgan fingerprint density at radius 2 is 2.05 bits per heavy atom. The Morgan fingerprint density at radius 1 is 1.25 bits per heavy atom. The quantitative estimate of drug-likeness (QED) is 0.923. The van der Waals surface area contributed by atoms with Crippen molar-refractivity contribution < 1.29 is 9.37 Å². The second-order valence-electron chi connectivity index (χ2n) is 5.50. The van der Waals surface area contributed by atoms with Gasteiger partial charge in [0.25, 0.3) is 0 Å². The maximum atomic E-state index is 5.40. The third-order valence-corrected chi connectivity index (χ3v) is 3.42. The highest BCUT2D eigenvalue weighted by Gasteiger charge is 2.16. The molecule has 0 aliphatic carbocycles. The molecule has 3 rings (SSSR count). The van der Waals surface area contributed by atoms with Gasteiger partial charge in [-0.1, -0.05) is 13.8 Å². The van der Waals surface area contributed by atoms with E-state index in [1.54, 1.807) is 0 Å². The molecule has 6 heteroatoms. The van der Waals surface area contributed by atoms with E-state index in [0.717, 1.165) is 55.3 Å². The molecule has 0 radical (unpaired) electrons. The first-order chi connectivity index (χ1) is 9.74. The van der Waals surface area contributed by atoms with E-state index in [9.17, 15) is 0 Å². The van der Waals surface area contributed by atoms with Gasteiger partial charge < -0.3 is 15.0 Å². The molecule has 0 atom stereocenters. The lowest BCUT2D eigenvalue weighted by Crippen LogP contribution is -2.36. The molecule has 2 heterocycles. The predicted molar refractivity (Wildman–Crippen MR) is 78.2 cm³/mol. The van der Waals surface area contributed by atoms with Gasteiger partial charge in [-0.2, -0.15) is 0 Å². The average Bonchev–Trinajstić information content (AvgIpc) is 2.94. The molecule has 1 saturated heterocycles. The fourth-order valence-electron chi connectivity index (χ4n) is 2.33. The number of benzene rings is 1. The summed E-state index contributed by atoms with van der Waals surface area (Å²) in [7, 11) is 0. The second-order valence-corrected chi connectivity index (χ2v) is 5.50. The van der Waals surface area contributed by atoms with Crippen LogP contribution in [0.2, 0.25) is 0 Å². The van der Waals surface area contributed by atoms with Crippen LogP contribution in [-0.4, -0.2) is 43.2 Å². The number of rotatable bonds is 4. The number of ether oxygens (including phenoxy) is 1. The Morgan fingerprint density at radius 3 is 2.80 bits per heavy atom. The molecule has 6 nitrogen and oxygen atoms in total. The van der Waals surface area contributed by atoms with Crippen LogP contribution in [0.3, 0.4) is 0 Å². The number of anilines is 2. The number of aromatic nitrogens is 2. The summed E-state index contributed by atoms with van der Waals surface area (Å²) in [5.74, 6) is 0.567. The van der Waals surface area contributed by atoms with Crippen LogP contribution in [0, 0.1) is 5.92 Å². The van der Waals surface area contributed by atoms with E-state index in [-0.39, 0.29) is 0 Å². The topological polar surface area (TPSA) is 63.4 Å². The van der Waals surface area contributed by atoms with Gasteiger partial charge in [-0.25, -0.2) is 4.63 Å². The molecule has 0 amide bonds. The summed E-state index contributed by atoms with van der Waals surface area (Å²) in [5.41, 5.74) is 3.71. The molecule has 2 aromatic rings. The van der Waals surface area contributed by atoms with E-state index in [0.29, 0.717) is 5.92 Å². The molecule has 1 aliphatic rings. The van der Waals surface area contributed by atoms with Gasteiger partial charge >= 0.3 is 0 Å². The fraction of sp³-hybridized carbons (Fsp3) is 0.571. The van der Waals surface area contributed by atoms with Gasteiger partial charge in [0, 0.05) is 25.3 Å². The smallest absolute Gasteiger partial charge is 0.158 e. The SMILES string of the molecule is CC(C)CNc1cc(N2CCOCC2)cc2nonc12. The molecule has 0 bridgehead atoms.